The number of fused-ring (bicyclic) bond motifs is 5. The molecule has 5 N–H and O–H groups in total. The lowest BCUT2D eigenvalue weighted by molar-refractivity contribution is -0.136. The molecule has 3 aliphatic heterocycles. The number of aromatic amines is 2. The molecular formula is C50H59N9O6. The number of H-pyrrole nitrogens is 2. The second kappa shape index (κ2) is 18.1. The molecule has 1 unspecified atom stereocenters. The van der Waals surface area contributed by atoms with Crippen LogP contribution >= 0.6 is 0 Å². The highest BCUT2D eigenvalue weighted by atomic mass is 16.5. The van der Waals surface area contributed by atoms with E-state index in [0.717, 1.165) is 99.7 Å². The number of carbonyl (C=O) groups excluding carboxylic acids is 3. The average Bonchev–Trinajstić information content (AvgIpc) is 4.17. The number of hydrogen-bond acceptors (Lipinski definition) is 9. The zero-order chi connectivity index (χ0) is 45.5. The normalized spacial score (nSPS) is 19.0. The molecule has 3 aromatic heterocycles. The molecule has 3 amide bonds. The highest BCUT2D eigenvalue weighted by Gasteiger charge is 2.39. The van der Waals surface area contributed by atoms with Crippen LogP contribution in [0.2, 0.25) is 0 Å². The Morgan fingerprint density at radius 1 is 0.846 bits per heavy atom. The van der Waals surface area contributed by atoms with E-state index in [1.54, 1.807) is 0 Å². The number of aromatic nitrogens is 5. The fourth-order valence-corrected chi connectivity index (χ4v) is 9.52. The maximum absolute atomic E-state index is 13.8. The number of imidazole rings is 2. The Morgan fingerprint density at radius 3 is 2.15 bits per heavy atom. The van der Waals surface area contributed by atoms with Crippen LogP contribution in [0.25, 0.3) is 44.7 Å². The van der Waals surface area contributed by atoms with E-state index in [1.165, 1.54) is 7.11 Å². The fourth-order valence-electron chi connectivity index (χ4n) is 9.52. The second-order valence-corrected chi connectivity index (χ2v) is 18.1. The number of nitrogens with zero attached hydrogens (tertiary/aromatic N) is 5. The molecule has 3 aromatic carbocycles. The van der Waals surface area contributed by atoms with E-state index in [0.29, 0.717) is 25.5 Å². The molecule has 6 heterocycles. The zero-order valence-electron chi connectivity index (χ0n) is 38.0. The number of nitrogens with one attached hydrogen (secondary N) is 3. The van der Waals surface area contributed by atoms with Crippen LogP contribution in [0.4, 0.5) is 4.79 Å². The van der Waals surface area contributed by atoms with Gasteiger partial charge in [0, 0.05) is 40.7 Å². The smallest absolute Gasteiger partial charge is 0.407 e. The minimum atomic E-state index is -0.719. The third-order valence-electron chi connectivity index (χ3n) is 13.1. The molecule has 2 saturated heterocycles. The van der Waals surface area contributed by atoms with E-state index in [9.17, 15) is 14.4 Å². The first kappa shape index (κ1) is 43.6. The number of hydrogen-bond donors (Lipinski definition) is 4. The van der Waals surface area contributed by atoms with E-state index in [2.05, 4.69) is 75.3 Å². The van der Waals surface area contributed by atoms with Gasteiger partial charge in [0.2, 0.25) is 18.0 Å². The van der Waals surface area contributed by atoms with Crippen molar-refractivity contribution in [1.29, 1.82) is 0 Å². The van der Waals surface area contributed by atoms with Crippen molar-refractivity contribution < 1.29 is 28.6 Å². The molecule has 65 heavy (non-hydrogen) atoms. The van der Waals surface area contributed by atoms with Crippen LogP contribution in [0.3, 0.4) is 0 Å². The van der Waals surface area contributed by atoms with Crippen molar-refractivity contribution in [1.82, 2.24) is 39.6 Å². The summed E-state index contributed by atoms with van der Waals surface area (Å²) in [5, 5.41) is 3.76. The molecule has 5 atom stereocenters. The Labute approximate surface area is 379 Å². The highest BCUT2D eigenvalue weighted by molar-refractivity contribution is 5.93. The summed E-state index contributed by atoms with van der Waals surface area (Å²) < 4.78 is 20.2. The summed E-state index contributed by atoms with van der Waals surface area (Å²) in [7, 11) is 1.29. The van der Waals surface area contributed by atoms with Gasteiger partial charge in [0.1, 0.15) is 29.2 Å². The number of alkyl carbamates (subject to hydrolysis) is 1. The number of ether oxygens (including phenoxy) is 3. The lowest BCUT2D eigenvalue weighted by Gasteiger charge is -2.31. The van der Waals surface area contributed by atoms with Crippen LogP contribution in [0.15, 0.2) is 79.1 Å². The number of amides is 3. The van der Waals surface area contributed by atoms with E-state index in [4.69, 9.17) is 29.9 Å². The molecule has 15 nitrogen and oxygen atoms in total. The third kappa shape index (κ3) is 8.33. The Hall–Kier alpha value is -6.61. The number of benzene rings is 3. The Balaban J connectivity index is 1.04. The molecule has 6 aromatic rings. The van der Waals surface area contributed by atoms with Gasteiger partial charge in [0.15, 0.2) is 0 Å². The van der Waals surface area contributed by atoms with Crippen LogP contribution in [0.5, 0.6) is 11.5 Å². The van der Waals surface area contributed by atoms with Gasteiger partial charge in [-0.05, 0) is 86.4 Å². The minimum absolute atomic E-state index is 0.0291. The van der Waals surface area contributed by atoms with E-state index < -0.39 is 24.4 Å². The summed E-state index contributed by atoms with van der Waals surface area (Å²) in [6.45, 7) is 11.7. The first-order chi connectivity index (χ1) is 31.4. The topological polar surface area (TPSA) is 186 Å². The molecule has 2 fully saturated rings. The van der Waals surface area contributed by atoms with E-state index in [1.807, 2.05) is 68.1 Å². The summed E-state index contributed by atoms with van der Waals surface area (Å²) in [5.41, 5.74) is 13.8. The van der Waals surface area contributed by atoms with Crippen molar-refractivity contribution in [3.05, 3.63) is 96.3 Å². The predicted octanol–water partition coefficient (Wildman–Crippen LogP) is 8.51. The van der Waals surface area contributed by atoms with Crippen LogP contribution in [0.1, 0.15) is 102 Å². The lowest BCUT2D eigenvalue weighted by atomic mass is 10.0. The predicted molar refractivity (Wildman–Crippen MR) is 248 cm³/mol. The molecule has 0 bridgehead atoms. The van der Waals surface area contributed by atoms with Gasteiger partial charge >= 0.3 is 6.09 Å². The zero-order valence-corrected chi connectivity index (χ0v) is 38.0. The van der Waals surface area contributed by atoms with Crippen molar-refractivity contribution in [2.24, 2.45) is 17.6 Å². The fraction of sp³-hybridized carbons (Fsp3) is 0.420. The number of methoxy groups -OCH3 is 1. The monoisotopic (exact) mass is 881 g/mol. The van der Waals surface area contributed by atoms with Gasteiger partial charge in [-0.25, -0.2) is 14.8 Å². The standard InChI is InChI=1S/C50H59N9O6/c1-7-21-64-34-12-8-11-32(23-34)49-59-38-18-16-30(36-26-52-45(54-36)39-13-9-19-57(39)47(60)43(51)28(2)3)22-33(38)24-41(59)35-17-15-31(25-42(35)65-49)37-27-53-46(55-37)40-14-10-20-58(40)48(61)44(29(4)5)56-50(62)63-6/h8,11-12,15-18,22-29,39-40,43-44,49H,7,9-10,13-14,19-21,51H2,1-6H3,(H,52,54)(H,53,55)(H,56,62)/t39-,40-,43-,44-,49?/m0/s1. The summed E-state index contributed by atoms with van der Waals surface area (Å²) in [6, 6.07) is 21.3. The molecule has 0 spiro atoms. The first-order valence-electron chi connectivity index (χ1n) is 22.9. The summed E-state index contributed by atoms with van der Waals surface area (Å²) in [5.74, 6) is 2.69. The molecule has 0 saturated carbocycles. The van der Waals surface area contributed by atoms with Gasteiger partial charge < -0.3 is 49.6 Å². The molecule has 0 radical (unpaired) electrons. The number of likely N-dealkylation sites (tertiary alicyclic amines) is 2. The Bertz CT molecular complexity index is 2720. The van der Waals surface area contributed by atoms with Crippen LogP contribution in [-0.4, -0.2) is 91.1 Å². The molecule has 9 rings (SSSR count). The number of nitrogens with two attached hydrogens (primary N) is 1. The van der Waals surface area contributed by atoms with E-state index >= 15 is 0 Å². The largest absolute Gasteiger partial charge is 0.494 e. The number of carbonyl (C=O) groups is 3. The third-order valence-corrected chi connectivity index (χ3v) is 13.1. The van der Waals surface area contributed by atoms with Crippen LogP contribution in [0, 0.1) is 11.8 Å². The first-order valence-corrected chi connectivity index (χ1v) is 22.9. The average molecular weight is 882 g/mol. The second-order valence-electron chi connectivity index (χ2n) is 18.1. The highest BCUT2D eigenvalue weighted by Crippen LogP contribution is 2.46. The van der Waals surface area contributed by atoms with Gasteiger partial charge in [-0.3, -0.25) is 9.59 Å². The van der Waals surface area contributed by atoms with Crippen molar-refractivity contribution in [3.8, 4) is 45.3 Å². The van der Waals surface area contributed by atoms with Crippen LogP contribution in [-0.2, 0) is 14.3 Å². The molecular weight excluding hydrogens is 823 g/mol. The van der Waals surface area contributed by atoms with Gasteiger partial charge in [-0.15, -0.1) is 0 Å². The minimum Gasteiger partial charge on any atom is -0.494 e. The Kier molecular flexibility index (Phi) is 12.2. The quantitative estimate of drug-likeness (QED) is 0.0883. The van der Waals surface area contributed by atoms with Gasteiger partial charge in [0.25, 0.3) is 0 Å². The Morgan fingerprint density at radius 2 is 1.51 bits per heavy atom. The lowest BCUT2D eigenvalue weighted by Crippen LogP contribution is -2.51. The van der Waals surface area contributed by atoms with E-state index in [-0.39, 0.29) is 35.7 Å². The summed E-state index contributed by atoms with van der Waals surface area (Å²) in [4.78, 5) is 59.6. The summed E-state index contributed by atoms with van der Waals surface area (Å²) >= 11 is 0. The van der Waals surface area contributed by atoms with Gasteiger partial charge in [-0.2, -0.15) is 0 Å². The number of rotatable bonds is 13. The maximum atomic E-state index is 13.8. The van der Waals surface area contributed by atoms with Crippen molar-refractivity contribution in [2.75, 3.05) is 26.8 Å². The van der Waals surface area contributed by atoms with Gasteiger partial charge in [0.05, 0.1) is 66.8 Å². The molecule has 3 aliphatic rings. The SMILES string of the molecule is CCCOc1cccc(C2Oc3cc(-c4cnc([C@@H]5CCCN5C(=O)[C@@H](NC(=O)OC)C(C)C)[nH]4)ccc3-c3cc4cc(-c5cnc([C@@H]6CCCN6C(=O)[C@@H](N)C(C)C)[nH]5)ccc4n32)c1. The van der Waals surface area contributed by atoms with Crippen molar-refractivity contribution in [3.63, 3.8) is 0 Å². The summed E-state index contributed by atoms with van der Waals surface area (Å²) in [6.07, 6.45) is 6.72. The maximum Gasteiger partial charge on any atom is 0.407 e. The molecule has 15 heteroatoms. The molecule has 340 valence electrons. The van der Waals surface area contributed by atoms with Crippen LogP contribution < -0.4 is 20.5 Å². The van der Waals surface area contributed by atoms with Crippen molar-refractivity contribution in [2.45, 2.75) is 97.1 Å². The van der Waals surface area contributed by atoms with Crippen molar-refractivity contribution >= 4 is 28.8 Å². The van der Waals surface area contributed by atoms with Gasteiger partial charge in [-0.1, -0.05) is 58.9 Å². The molecule has 0 aliphatic carbocycles.